The van der Waals surface area contributed by atoms with Crippen molar-refractivity contribution in [1.29, 1.82) is 0 Å². The number of likely N-dealkylation sites (tertiary alicyclic amines) is 1. The van der Waals surface area contributed by atoms with Gasteiger partial charge in [0.05, 0.1) is 19.8 Å². The second-order valence-electron chi connectivity index (χ2n) is 11.0. The molecule has 0 spiro atoms. The first-order valence-electron chi connectivity index (χ1n) is 15.0. The van der Waals surface area contributed by atoms with E-state index in [2.05, 4.69) is 20.4 Å². The van der Waals surface area contributed by atoms with Crippen molar-refractivity contribution in [3.8, 4) is 5.75 Å². The zero-order valence-corrected chi connectivity index (χ0v) is 26.3. The third kappa shape index (κ3) is 9.51. The number of benzene rings is 1. The van der Waals surface area contributed by atoms with E-state index in [4.69, 9.17) is 14.2 Å². The number of H-pyrrole nitrogens is 1. The number of nitrogens with one attached hydrogen (secondary N) is 3. The van der Waals surface area contributed by atoms with Crippen LogP contribution >= 0.6 is 0 Å². The first-order valence-corrected chi connectivity index (χ1v) is 15.0. The molecule has 0 unspecified atom stereocenters. The minimum absolute atomic E-state index is 0.0101. The van der Waals surface area contributed by atoms with Crippen molar-refractivity contribution in [1.82, 2.24) is 20.5 Å². The summed E-state index contributed by atoms with van der Waals surface area (Å²) >= 11 is 0. The number of hydrogen-bond acceptors (Lipinski definition) is 10. The van der Waals surface area contributed by atoms with Gasteiger partial charge in [0.2, 0.25) is 11.8 Å². The largest absolute Gasteiger partial charge is 0.493 e. The minimum atomic E-state index is -1.20. The average Bonchev–Trinajstić information content (AvgIpc) is 3.62. The lowest BCUT2D eigenvalue weighted by Gasteiger charge is -2.25. The van der Waals surface area contributed by atoms with Gasteiger partial charge in [0.1, 0.15) is 24.1 Å². The van der Waals surface area contributed by atoms with E-state index in [1.807, 2.05) is 20.8 Å². The van der Waals surface area contributed by atoms with Gasteiger partial charge in [0.25, 0.3) is 5.91 Å². The van der Waals surface area contributed by atoms with Crippen molar-refractivity contribution in [3.63, 3.8) is 0 Å². The molecular weight excluding hydrogens is 588 g/mol. The number of rotatable bonds is 16. The van der Waals surface area contributed by atoms with Crippen LogP contribution in [0.25, 0.3) is 10.9 Å². The van der Waals surface area contributed by atoms with Gasteiger partial charge in [-0.25, -0.2) is 9.69 Å². The highest BCUT2D eigenvalue weighted by Gasteiger charge is 2.39. The smallest absolute Gasteiger partial charge is 0.416 e. The number of carbonyl (C=O) groups is 6. The first kappa shape index (κ1) is 35.0. The standard InChI is InChI=1S/C31H42N4O10/c1-6-27(37)45-17-43-16-25(36)22(14-19-11-12-35(30(19)40)31(41)42-5)33-28(38)23(13-18(3)4)34-29(39)24-15-20-21(32-24)9-8-10-26(20)44-7-2/h8-10,15,18-19,22-23,32H,6-7,11-14,16-17H2,1-5H3,(H,33,38)(H,34,39)/t19-,22-,23-/m0/s1. The maximum absolute atomic E-state index is 13.6. The number of methoxy groups -OCH3 is 1. The van der Waals surface area contributed by atoms with Crippen LogP contribution in [0.3, 0.4) is 0 Å². The number of imide groups is 1. The fourth-order valence-corrected chi connectivity index (χ4v) is 5.00. The van der Waals surface area contributed by atoms with Crippen LogP contribution in [0.2, 0.25) is 0 Å². The molecule has 0 radical (unpaired) electrons. The topological polar surface area (TPSA) is 182 Å². The Balaban J connectivity index is 1.77. The van der Waals surface area contributed by atoms with Gasteiger partial charge in [-0.05, 0) is 50.3 Å². The minimum Gasteiger partial charge on any atom is -0.493 e. The molecule has 3 rings (SSSR count). The van der Waals surface area contributed by atoms with E-state index in [0.717, 1.165) is 12.0 Å². The van der Waals surface area contributed by atoms with Gasteiger partial charge in [-0.15, -0.1) is 0 Å². The molecule has 14 nitrogen and oxygen atoms in total. The normalized spacial score (nSPS) is 15.9. The molecule has 0 bridgehead atoms. The molecule has 4 amide bonds. The van der Waals surface area contributed by atoms with Crippen molar-refractivity contribution in [2.24, 2.45) is 11.8 Å². The van der Waals surface area contributed by atoms with Gasteiger partial charge in [-0.3, -0.25) is 24.0 Å². The Bertz CT molecular complexity index is 1390. The van der Waals surface area contributed by atoms with Crippen molar-refractivity contribution in [3.05, 3.63) is 30.0 Å². The van der Waals surface area contributed by atoms with Gasteiger partial charge in [-0.1, -0.05) is 26.8 Å². The number of aromatic amines is 1. The number of aromatic nitrogens is 1. The molecule has 0 aliphatic carbocycles. The molecule has 14 heteroatoms. The van der Waals surface area contributed by atoms with E-state index in [1.165, 1.54) is 0 Å². The molecule has 246 valence electrons. The number of nitrogens with zero attached hydrogens (tertiary/aromatic N) is 1. The number of Topliss-reactive ketones (excluding diaryl/α,β-unsaturated/α-hetero) is 1. The highest BCUT2D eigenvalue weighted by atomic mass is 16.7. The summed E-state index contributed by atoms with van der Waals surface area (Å²) in [5.74, 6) is -2.92. The fourth-order valence-electron chi connectivity index (χ4n) is 5.00. The Hall–Kier alpha value is -4.46. The zero-order chi connectivity index (χ0) is 33.1. The third-order valence-corrected chi connectivity index (χ3v) is 7.27. The van der Waals surface area contributed by atoms with Crippen LogP contribution in [-0.2, 0) is 33.4 Å². The average molecular weight is 631 g/mol. The third-order valence-electron chi connectivity index (χ3n) is 7.27. The monoisotopic (exact) mass is 630 g/mol. The van der Waals surface area contributed by atoms with E-state index in [0.29, 0.717) is 23.3 Å². The summed E-state index contributed by atoms with van der Waals surface area (Å²) < 4.78 is 20.4. The SMILES string of the molecule is CCOc1cccc2[nH]c(C(=O)N[C@@H](CC(C)C)C(=O)N[C@@H](C[C@@H]3CCN(C(=O)OC)C3=O)C(=O)COCOC(=O)CC)cc12. The fraction of sp³-hybridized carbons (Fsp3) is 0.548. The van der Waals surface area contributed by atoms with Gasteiger partial charge in [0, 0.05) is 29.8 Å². The number of esters is 1. The van der Waals surface area contributed by atoms with Crippen LogP contribution in [0.4, 0.5) is 4.79 Å². The van der Waals surface area contributed by atoms with Crippen LogP contribution in [0, 0.1) is 11.8 Å². The summed E-state index contributed by atoms with van der Waals surface area (Å²) in [4.78, 5) is 80.4. The van der Waals surface area contributed by atoms with Gasteiger partial charge < -0.3 is 34.6 Å². The molecule has 3 N–H and O–H groups in total. The Labute approximate surface area is 261 Å². The number of fused-ring (bicyclic) bond motifs is 1. The first-order chi connectivity index (χ1) is 21.5. The number of hydrogen-bond donors (Lipinski definition) is 3. The van der Waals surface area contributed by atoms with Crippen LogP contribution in [0.15, 0.2) is 24.3 Å². The van der Waals surface area contributed by atoms with Crippen LogP contribution in [0.5, 0.6) is 5.75 Å². The predicted molar refractivity (Wildman–Crippen MR) is 161 cm³/mol. The van der Waals surface area contributed by atoms with Crippen molar-refractivity contribution < 1.29 is 47.7 Å². The van der Waals surface area contributed by atoms with Gasteiger partial charge in [0.15, 0.2) is 12.6 Å². The molecule has 1 aromatic carbocycles. The highest BCUT2D eigenvalue weighted by Crippen LogP contribution is 2.27. The molecule has 1 saturated heterocycles. The lowest BCUT2D eigenvalue weighted by atomic mass is 9.95. The van der Waals surface area contributed by atoms with Crippen LogP contribution in [0.1, 0.15) is 63.9 Å². The Kier molecular flexibility index (Phi) is 12.9. The second kappa shape index (κ2) is 16.6. The molecule has 2 aromatic rings. The molecule has 1 aliphatic rings. The quantitative estimate of drug-likeness (QED) is 0.142. The van der Waals surface area contributed by atoms with Crippen LogP contribution < -0.4 is 15.4 Å². The lowest BCUT2D eigenvalue weighted by Crippen LogP contribution is -2.53. The maximum atomic E-state index is 13.6. The summed E-state index contributed by atoms with van der Waals surface area (Å²) in [6.45, 7) is 6.82. The molecular formula is C31H42N4O10. The summed E-state index contributed by atoms with van der Waals surface area (Å²) in [6.07, 6.45) is -0.268. The van der Waals surface area contributed by atoms with Gasteiger partial charge in [-0.2, -0.15) is 0 Å². The van der Waals surface area contributed by atoms with Crippen LogP contribution in [-0.4, -0.2) is 91.2 Å². The summed E-state index contributed by atoms with van der Waals surface area (Å²) in [7, 11) is 1.16. The Morgan fingerprint density at radius 3 is 2.51 bits per heavy atom. The molecule has 1 aliphatic heterocycles. The van der Waals surface area contributed by atoms with Crippen molar-refractivity contribution in [2.45, 2.75) is 65.5 Å². The highest BCUT2D eigenvalue weighted by molar-refractivity contribution is 6.02. The molecule has 2 heterocycles. The van der Waals surface area contributed by atoms with Crippen molar-refractivity contribution in [2.75, 3.05) is 33.7 Å². The maximum Gasteiger partial charge on any atom is 0.416 e. The molecule has 3 atom stereocenters. The molecule has 1 fully saturated rings. The zero-order valence-electron chi connectivity index (χ0n) is 26.3. The molecule has 45 heavy (non-hydrogen) atoms. The van der Waals surface area contributed by atoms with E-state index in [-0.39, 0.29) is 43.8 Å². The van der Waals surface area contributed by atoms with E-state index in [9.17, 15) is 28.8 Å². The Morgan fingerprint density at radius 1 is 1.09 bits per heavy atom. The number of carbonyl (C=O) groups excluding carboxylic acids is 6. The summed E-state index contributed by atoms with van der Waals surface area (Å²) in [6, 6.07) is 4.83. The number of ether oxygens (including phenoxy) is 4. The summed E-state index contributed by atoms with van der Waals surface area (Å²) in [5, 5.41) is 6.17. The predicted octanol–water partition coefficient (Wildman–Crippen LogP) is 2.70. The second-order valence-corrected chi connectivity index (χ2v) is 11.0. The molecule has 0 saturated carbocycles. The Morgan fingerprint density at radius 2 is 1.84 bits per heavy atom. The van der Waals surface area contributed by atoms with E-state index in [1.54, 1.807) is 31.2 Å². The molecule has 1 aromatic heterocycles. The van der Waals surface area contributed by atoms with E-state index < -0.39 is 67.0 Å². The number of ketones is 1. The number of amides is 4. The van der Waals surface area contributed by atoms with Crippen molar-refractivity contribution >= 4 is 46.5 Å². The van der Waals surface area contributed by atoms with Gasteiger partial charge >= 0.3 is 12.1 Å². The lowest BCUT2D eigenvalue weighted by molar-refractivity contribution is -0.158. The summed E-state index contributed by atoms with van der Waals surface area (Å²) in [5.41, 5.74) is 0.911. The van der Waals surface area contributed by atoms with E-state index >= 15 is 0 Å².